The molecule has 1 aromatic heterocycles. The normalized spacial score (nSPS) is 12.1. The van der Waals surface area contributed by atoms with Gasteiger partial charge in [0, 0.05) is 19.4 Å². The van der Waals surface area contributed by atoms with Crippen LogP contribution in [0.2, 0.25) is 0 Å². The van der Waals surface area contributed by atoms with Crippen molar-refractivity contribution in [2.24, 2.45) is 17.2 Å². The lowest BCUT2D eigenvalue weighted by molar-refractivity contribution is 0.598. The van der Waals surface area contributed by atoms with Crippen molar-refractivity contribution in [1.82, 2.24) is 9.55 Å². The predicted molar refractivity (Wildman–Crippen MR) is 72.3 cm³/mol. The van der Waals surface area contributed by atoms with Gasteiger partial charge in [-0.1, -0.05) is 12.1 Å². The largest absolute Gasteiger partial charge is 0.333 e. The summed E-state index contributed by atoms with van der Waals surface area (Å²) in [7, 11) is -1.75. The van der Waals surface area contributed by atoms with Gasteiger partial charge in [0.2, 0.25) is 10.0 Å². The monoisotopic (exact) mass is 278 g/mol. The van der Waals surface area contributed by atoms with Gasteiger partial charge >= 0.3 is 0 Å². The van der Waals surface area contributed by atoms with Crippen LogP contribution in [-0.2, 0) is 23.6 Å². The number of hydrogen-bond acceptors (Lipinski definition) is 4. The second kappa shape index (κ2) is 5.33. The molecule has 19 heavy (non-hydrogen) atoms. The van der Waals surface area contributed by atoms with Crippen molar-refractivity contribution in [3.8, 4) is 0 Å². The molecule has 0 bridgehead atoms. The molecule has 0 unspecified atom stereocenters. The Morgan fingerprint density at radius 3 is 2.58 bits per heavy atom. The Labute approximate surface area is 111 Å². The van der Waals surface area contributed by atoms with E-state index in [1.807, 2.05) is 17.8 Å². The molecule has 0 saturated carbocycles. The van der Waals surface area contributed by atoms with E-state index in [9.17, 15) is 8.42 Å². The average molecular weight is 278 g/mol. The zero-order valence-electron chi connectivity index (χ0n) is 10.4. The number of sulfonamides is 1. The summed E-state index contributed by atoms with van der Waals surface area (Å²) in [6.45, 7) is 0.456. The first-order valence-electron chi connectivity index (χ1n) is 5.56. The number of aryl methyl sites for hydroxylation is 1. The number of nitrogens with two attached hydrogens (primary N) is 1. The van der Waals surface area contributed by atoms with Gasteiger partial charge in [-0.25, -0.2) is 18.5 Å². The van der Waals surface area contributed by atoms with Crippen LogP contribution in [-0.4, -0.2) is 24.2 Å². The lowest BCUT2D eigenvalue weighted by Crippen LogP contribution is -2.11. The molecule has 0 atom stereocenters. The van der Waals surface area contributed by atoms with Gasteiger partial charge in [0.15, 0.2) is 0 Å². The molecule has 6 nitrogen and oxygen atoms in total. The SMILES string of the molecule is Cn1ccnc1C=NCc1ccc(S(N)(=O)=O)cc1. The lowest BCUT2D eigenvalue weighted by Gasteiger charge is -2.00. The minimum atomic E-state index is -3.63. The highest BCUT2D eigenvalue weighted by Crippen LogP contribution is 2.09. The highest BCUT2D eigenvalue weighted by molar-refractivity contribution is 7.89. The Morgan fingerprint density at radius 1 is 1.37 bits per heavy atom. The molecular formula is C12H14N4O2S. The zero-order valence-corrected chi connectivity index (χ0v) is 11.2. The van der Waals surface area contributed by atoms with E-state index in [-0.39, 0.29) is 4.90 Å². The Balaban J connectivity index is 2.05. The lowest BCUT2D eigenvalue weighted by atomic mass is 10.2. The van der Waals surface area contributed by atoms with E-state index in [0.29, 0.717) is 6.54 Å². The molecule has 0 fully saturated rings. The highest BCUT2D eigenvalue weighted by atomic mass is 32.2. The molecule has 2 N–H and O–H groups in total. The van der Waals surface area contributed by atoms with Crippen LogP contribution in [0, 0.1) is 0 Å². The van der Waals surface area contributed by atoms with Crippen molar-refractivity contribution in [2.75, 3.05) is 0 Å². The molecule has 0 radical (unpaired) electrons. The van der Waals surface area contributed by atoms with Crippen LogP contribution >= 0.6 is 0 Å². The van der Waals surface area contributed by atoms with Gasteiger partial charge in [0.1, 0.15) is 5.82 Å². The molecule has 7 heteroatoms. The maximum absolute atomic E-state index is 11.1. The van der Waals surface area contributed by atoms with Crippen LogP contribution < -0.4 is 5.14 Å². The fraction of sp³-hybridized carbons (Fsp3) is 0.167. The second-order valence-electron chi connectivity index (χ2n) is 4.06. The number of imidazole rings is 1. The fourth-order valence-corrected chi connectivity index (χ4v) is 2.03. The van der Waals surface area contributed by atoms with Gasteiger partial charge in [-0.05, 0) is 17.7 Å². The smallest absolute Gasteiger partial charge is 0.238 e. The zero-order chi connectivity index (χ0) is 13.9. The first-order valence-corrected chi connectivity index (χ1v) is 7.10. The third kappa shape index (κ3) is 3.49. The Morgan fingerprint density at radius 2 is 2.05 bits per heavy atom. The van der Waals surface area contributed by atoms with E-state index in [1.165, 1.54) is 12.1 Å². The quantitative estimate of drug-likeness (QED) is 0.834. The maximum atomic E-state index is 11.1. The summed E-state index contributed by atoms with van der Waals surface area (Å²) in [5.41, 5.74) is 0.901. The van der Waals surface area contributed by atoms with E-state index >= 15 is 0 Å². The third-order valence-corrected chi connectivity index (χ3v) is 3.52. The summed E-state index contributed by atoms with van der Waals surface area (Å²) in [5, 5.41) is 5.02. The molecule has 0 aliphatic carbocycles. The van der Waals surface area contributed by atoms with Crippen molar-refractivity contribution in [1.29, 1.82) is 0 Å². The fourth-order valence-electron chi connectivity index (χ4n) is 1.52. The molecule has 0 aliphatic rings. The number of hydrogen-bond donors (Lipinski definition) is 1. The van der Waals surface area contributed by atoms with E-state index < -0.39 is 10.0 Å². The van der Waals surface area contributed by atoms with Crippen LogP contribution in [0.5, 0.6) is 0 Å². The van der Waals surface area contributed by atoms with Crippen molar-refractivity contribution in [3.63, 3.8) is 0 Å². The van der Waals surface area contributed by atoms with E-state index in [1.54, 1.807) is 24.5 Å². The standard InChI is InChI=1S/C12H14N4O2S/c1-16-7-6-15-12(16)9-14-8-10-2-4-11(5-3-10)19(13,17)18/h2-7,9H,8H2,1H3,(H2,13,17,18). The number of primary sulfonamides is 1. The van der Waals surface area contributed by atoms with Crippen molar-refractivity contribution in [2.45, 2.75) is 11.4 Å². The number of benzene rings is 1. The Kier molecular flexibility index (Phi) is 3.77. The summed E-state index contributed by atoms with van der Waals surface area (Å²) >= 11 is 0. The van der Waals surface area contributed by atoms with Gasteiger partial charge < -0.3 is 4.57 Å². The number of nitrogens with zero attached hydrogens (tertiary/aromatic N) is 3. The first-order chi connectivity index (χ1) is 8.97. The molecule has 0 spiro atoms. The van der Waals surface area contributed by atoms with E-state index in [2.05, 4.69) is 9.98 Å². The highest BCUT2D eigenvalue weighted by Gasteiger charge is 2.06. The van der Waals surface area contributed by atoms with Crippen molar-refractivity contribution >= 4 is 16.2 Å². The summed E-state index contributed by atoms with van der Waals surface area (Å²) in [6.07, 6.45) is 5.21. The summed E-state index contributed by atoms with van der Waals surface area (Å²) in [6, 6.07) is 6.33. The van der Waals surface area contributed by atoms with Crippen molar-refractivity contribution < 1.29 is 8.42 Å². The Bertz CT molecular complexity index is 687. The van der Waals surface area contributed by atoms with Crippen LogP contribution in [0.1, 0.15) is 11.4 Å². The first kappa shape index (κ1) is 13.4. The van der Waals surface area contributed by atoms with Gasteiger partial charge in [-0.3, -0.25) is 4.99 Å². The van der Waals surface area contributed by atoms with Gasteiger partial charge in [0.05, 0.1) is 17.7 Å². The van der Waals surface area contributed by atoms with Crippen LogP contribution in [0.15, 0.2) is 46.5 Å². The topological polar surface area (TPSA) is 90.3 Å². The molecule has 0 aliphatic heterocycles. The summed E-state index contributed by atoms with van der Waals surface area (Å²) in [4.78, 5) is 8.46. The van der Waals surface area contributed by atoms with Crippen LogP contribution in [0.25, 0.3) is 0 Å². The minimum absolute atomic E-state index is 0.101. The molecular weight excluding hydrogens is 264 g/mol. The van der Waals surface area contributed by atoms with Crippen LogP contribution in [0.4, 0.5) is 0 Å². The number of aromatic nitrogens is 2. The molecule has 2 aromatic rings. The second-order valence-corrected chi connectivity index (χ2v) is 5.62. The molecule has 0 saturated heterocycles. The Hall–Kier alpha value is -1.99. The van der Waals surface area contributed by atoms with Crippen molar-refractivity contribution in [3.05, 3.63) is 48.0 Å². The number of rotatable bonds is 4. The third-order valence-electron chi connectivity index (χ3n) is 2.59. The maximum Gasteiger partial charge on any atom is 0.238 e. The molecule has 100 valence electrons. The average Bonchev–Trinajstić information content (AvgIpc) is 2.75. The van der Waals surface area contributed by atoms with Gasteiger partial charge in [0.25, 0.3) is 0 Å². The predicted octanol–water partition coefficient (Wildman–Crippen LogP) is 0.687. The number of aliphatic imine (C=N–C) groups is 1. The molecule has 1 aromatic carbocycles. The van der Waals surface area contributed by atoms with Gasteiger partial charge in [-0.15, -0.1) is 0 Å². The minimum Gasteiger partial charge on any atom is -0.333 e. The van der Waals surface area contributed by atoms with Gasteiger partial charge in [-0.2, -0.15) is 0 Å². The van der Waals surface area contributed by atoms with Crippen LogP contribution in [0.3, 0.4) is 0 Å². The van der Waals surface area contributed by atoms with E-state index in [4.69, 9.17) is 5.14 Å². The molecule has 2 rings (SSSR count). The molecule has 1 heterocycles. The molecule has 0 amide bonds. The van der Waals surface area contributed by atoms with E-state index in [0.717, 1.165) is 11.4 Å². The summed E-state index contributed by atoms with van der Waals surface area (Å²) in [5.74, 6) is 0.765. The summed E-state index contributed by atoms with van der Waals surface area (Å²) < 4.78 is 24.0.